The van der Waals surface area contributed by atoms with Crippen molar-refractivity contribution < 1.29 is 18.3 Å². The molecular weight excluding hydrogens is 280 g/mol. The highest BCUT2D eigenvalue weighted by Gasteiger charge is 2.31. The second kappa shape index (κ2) is 6.82. The van der Waals surface area contributed by atoms with E-state index in [1.807, 2.05) is 0 Å². The molecule has 1 aliphatic heterocycles. The highest BCUT2D eigenvalue weighted by atomic mass is 19.1. The summed E-state index contributed by atoms with van der Waals surface area (Å²) in [6.45, 7) is 0.786. The predicted molar refractivity (Wildman–Crippen MR) is 75.0 cm³/mol. The fourth-order valence-corrected chi connectivity index (χ4v) is 2.50. The highest BCUT2D eigenvalue weighted by Crippen LogP contribution is 2.21. The van der Waals surface area contributed by atoms with Gasteiger partial charge in [0.1, 0.15) is 11.6 Å². The number of hydrogen-bond donors (Lipinski definition) is 2. The molecule has 116 valence electrons. The van der Waals surface area contributed by atoms with Crippen molar-refractivity contribution in [1.29, 1.82) is 0 Å². The summed E-state index contributed by atoms with van der Waals surface area (Å²) < 4.78 is 31.7. The predicted octanol–water partition coefficient (Wildman–Crippen LogP) is 1.93. The van der Waals surface area contributed by atoms with Crippen LogP contribution in [0.4, 0.5) is 19.3 Å². The lowest BCUT2D eigenvalue weighted by molar-refractivity contribution is 0.0292. The molecule has 0 bridgehead atoms. The summed E-state index contributed by atoms with van der Waals surface area (Å²) in [6.07, 6.45) is 1.42. The van der Waals surface area contributed by atoms with Crippen LogP contribution in [0.25, 0.3) is 0 Å². The number of carbonyl (C=O) groups excluding carboxylic acids is 1. The molecule has 2 unspecified atom stereocenters. The molecule has 2 rings (SSSR count). The van der Waals surface area contributed by atoms with Crippen LogP contribution >= 0.6 is 0 Å². The molecule has 0 radical (unpaired) electrons. The topological polar surface area (TPSA) is 67.6 Å². The number of anilines is 1. The maximum atomic E-state index is 13.6. The van der Waals surface area contributed by atoms with E-state index in [1.54, 1.807) is 12.0 Å². The zero-order valence-corrected chi connectivity index (χ0v) is 11.8. The molecule has 1 heterocycles. The molecule has 1 aromatic rings. The van der Waals surface area contributed by atoms with Crippen LogP contribution in [-0.2, 0) is 4.74 Å². The van der Waals surface area contributed by atoms with Crippen molar-refractivity contribution in [1.82, 2.24) is 4.90 Å². The van der Waals surface area contributed by atoms with E-state index in [0.717, 1.165) is 12.1 Å². The van der Waals surface area contributed by atoms with Crippen LogP contribution in [0, 0.1) is 11.6 Å². The lowest BCUT2D eigenvalue weighted by atomic mass is 10.00. The molecule has 0 saturated carbocycles. The number of nitrogens with two attached hydrogens (primary N) is 1. The normalized spacial score (nSPS) is 22.2. The van der Waals surface area contributed by atoms with Gasteiger partial charge in [-0.05, 0) is 25.0 Å². The van der Waals surface area contributed by atoms with Crippen LogP contribution in [-0.4, -0.2) is 43.3 Å². The van der Waals surface area contributed by atoms with E-state index in [4.69, 9.17) is 10.5 Å². The number of hydrogen-bond acceptors (Lipinski definition) is 3. The number of rotatable bonds is 3. The standard InChI is InChI=1S/C14H19F2N3O2/c1-21-11-4-5-19(10(7-11)8-17)14(20)18-13-3-2-9(15)6-12(13)16/h2-3,6,10-11H,4-5,7-8,17H2,1H3,(H,18,20). The number of piperidine rings is 1. The first kappa shape index (κ1) is 15.7. The molecule has 21 heavy (non-hydrogen) atoms. The van der Waals surface area contributed by atoms with Gasteiger partial charge >= 0.3 is 6.03 Å². The van der Waals surface area contributed by atoms with Crippen molar-refractivity contribution in [3.63, 3.8) is 0 Å². The van der Waals surface area contributed by atoms with Crippen molar-refractivity contribution in [3.8, 4) is 0 Å². The highest BCUT2D eigenvalue weighted by molar-refractivity contribution is 5.89. The smallest absolute Gasteiger partial charge is 0.322 e. The van der Waals surface area contributed by atoms with Gasteiger partial charge in [-0.25, -0.2) is 13.6 Å². The van der Waals surface area contributed by atoms with Crippen LogP contribution in [0.2, 0.25) is 0 Å². The maximum absolute atomic E-state index is 13.6. The number of methoxy groups -OCH3 is 1. The SMILES string of the molecule is COC1CCN(C(=O)Nc2ccc(F)cc2F)C(CN)C1. The minimum Gasteiger partial charge on any atom is -0.381 e. The monoisotopic (exact) mass is 299 g/mol. The zero-order valence-electron chi connectivity index (χ0n) is 11.8. The van der Waals surface area contributed by atoms with Gasteiger partial charge in [0.05, 0.1) is 11.8 Å². The molecule has 2 amide bonds. The average Bonchev–Trinajstić information content (AvgIpc) is 2.49. The van der Waals surface area contributed by atoms with Crippen molar-refractivity contribution in [3.05, 3.63) is 29.8 Å². The van der Waals surface area contributed by atoms with Gasteiger partial charge < -0.3 is 20.7 Å². The lowest BCUT2D eigenvalue weighted by Gasteiger charge is -2.38. The fourth-order valence-electron chi connectivity index (χ4n) is 2.50. The number of benzene rings is 1. The number of halogens is 2. The Balaban J connectivity index is 2.05. The van der Waals surface area contributed by atoms with Crippen LogP contribution < -0.4 is 11.1 Å². The Kier molecular flexibility index (Phi) is 5.08. The van der Waals surface area contributed by atoms with E-state index in [2.05, 4.69) is 5.32 Å². The van der Waals surface area contributed by atoms with Crippen molar-refractivity contribution in [2.75, 3.05) is 25.5 Å². The number of urea groups is 1. The summed E-state index contributed by atoms with van der Waals surface area (Å²) in [5, 5.41) is 2.45. The number of nitrogens with zero attached hydrogens (tertiary/aromatic N) is 1. The summed E-state index contributed by atoms with van der Waals surface area (Å²) in [5.41, 5.74) is 5.64. The van der Waals surface area contributed by atoms with Gasteiger partial charge in [0, 0.05) is 32.3 Å². The Hall–Kier alpha value is -1.73. The minimum absolute atomic E-state index is 0.0500. The molecular formula is C14H19F2N3O2. The molecule has 3 N–H and O–H groups in total. The molecule has 2 atom stereocenters. The first-order chi connectivity index (χ1) is 10.0. The number of carbonyl (C=O) groups is 1. The minimum atomic E-state index is -0.806. The fraction of sp³-hybridized carbons (Fsp3) is 0.500. The van der Waals surface area contributed by atoms with Crippen LogP contribution in [0.5, 0.6) is 0 Å². The van der Waals surface area contributed by atoms with Crippen LogP contribution in [0.15, 0.2) is 18.2 Å². The van der Waals surface area contributed by atoms with Crippen molar-refractivity contribution >= 4 is 11.7 Å². The van der Waals surface area contributed by atoms with Gasteiger partial charge in [-0.1, -0.05) is 0 Å². The van der Waals surface area contributed by atoms with Gasteiger partial charge in [-0.15, -0.1) is 0 Å². The largest absolute Gasteiger partial charge is 0.381 e. The third-order valence-electron chi connectivity index (χ3n) is 3.71. The first-order valence-electron chi connectivity index (χ1n) is 6.80. The van der Waals surface area contributed by atoms with Crippen LogP contribution in [0.1, 0.15) is 12.8 Å². The molecule has 0 spiro atoms. The van der Waals surface area contributed by atoms with Gasteiger partial charge in [0.2, 0.25) is 0 Å². The Morgan fingerprint density at radius 1 is 1.52 bits per heavy atom. The molecule has 1 aliphatic rings. The lowest BCUT2D eigenvalue weighted by Crippen LogP contribution is -2.52. The Morgan fingerprint density at radius 3 is 2.90 bits per heavy atom. The zero-order chi connectivity index (χ0) is 15.4. The number of amides is 2. The summed E-state index contributed by atoms with van der Waals surface area (Å²) in [6, 6.07) is 2.42. The molecule has 1 fully saturated rings. The molecule has 7 heteroatoms. The van der Waals surface area contributed by atoms with E-state index in [9.17, 15) is 13.6 Å². The Morgan fingerprint density at radius 2 is 2.29 bits per heavy atom. The van der Waals surface area contributed by atoms with Gasteiger partial charge in [0.25, 0.3) is 0 Å². The second-order valence-electron chi connectivity index (χ2n) is 5.02. The van der Waals surface area contributed by atoms with E-state index >= 15 is 0 Å². The summed E-state index contributed by atoms with van der Waals surface area (Å²) >= 11 is 0. The van der Waals surface area contributed by atoms with E-state index in [1.165, 1.54) is 6.07 Å². The van der Waals surface area contributed by atoms with Crippen LogP contribution in [0.3, 0.4) is 0 Å². The average molecular weight is 299 g/mol. The van der Waals surface area contributed by atoms with Gasteiger partial charge in [-0.3, -0.25) is 0 Å². The molecule has 1 saturated heterocycles. The van der Waals surface area contributed by atoms with E-state index in [-0.39, 0.29) is 17.8 Å². The third kappa shape index (κ3) is 3.68. The summed E-state index contributed by atoms with van der Waals surface area (Å²) in [4.78, 5) is 13.8. The molecule has 1 aromatic carbocycles. The molecule has 5 nitrogen and oxygen atoms in total. The Bertz CT molecular complexity index is 513. The molecule has 0 aromatic heterocycles. The maximum Gasteiger partial charge on any atom is 0.322 e. The third-order valence-corrected chi connectivity index (χ3v) is 3.71. The quantitative estimate of drug-likeness (QED) is 0.896. The number of ether oxygens (including phenoxy) is 1. The van der Waals surface area contributed by atoms with E-state index < -0.39 is 17.7 Å². The Labute approximate surface area is 122 Å². The first-order valence-corrected chi connectivity index (χ1v) is 6.80. The van der Waals surface area contributed by atoms with Crippen molar-refractivity contribution in [2.45, 2.75) is 25.0 Å². The summed E-state index contributed by atoms with van der Waals surface area (Å²) in [7, 11) is 1.63. The number of likely N-dealkylation sites (tertiary alicyclic amines) is 1. The van der Waals surface area contributed by atoms with Gasteiger partial charge in [-0.2, -0.15) is 0 Å². The van der Waals surface area contributed by atoms with Gasteiger partial charge in [0.15, 0.2) is 0 Å². The van der Waals surface area contributed by atoms with E-state index in [0.29, 0.717) is 25.9 Å². The summed E-state index contributed by atoms with van der Waals surface area (Å²) in [5.74, 6) is -1.49. The van der Waals surface area contributed by atoms with Crippen molar-refractivity contribution in [2.24, 2.45) is 5.73 Å². The second-order valence-corrected chi connectivity index (χ2v) is 5.02. The molecule has 0 aliphatic carbocycles. The number of nitrogens with one attached hydrogen (secondary N) is 1.